The number of hydrogen-bond donors (Lipinski definition) is 1. The molecular weight excluding hydrogens is 338 g/mol. The van der Waals surface area contributed by atoms with Crippen LogP contribution in [0.15, 0.2) is 42.6 Å². The van der Waals surface area contributed by atoms with Gasteiger partial charge in [-0.05, 0) is 55.2 Å². The molecule has 0 radical (unpaired) electrons. The number of carbonyl (C=O) groups excluding carboxylic acids is 1. The molecule has 0 aliphatic carbocycles. The highest BCUT2D eigenvalue weighted by atomic mass is 16.5. The number of nitrogens with zero attached hydrogens (tertiary/aromatic N) is 2. The van der Waals surface area contributed by atoms with Crippen molar-refractivity contribution in [3.8, 4) is 11.4 Å². The number of amides is 1. The molecule has 1 aromatic heterocycles. The monoisotopic (exact) mass is 361 g/mol. The lowest BCUT2D eigenvalue weighted by molar-refractivity contribution is -0.116. The maximum Gasteiger partial charge on any atom is 0.226 e. The van der Waals surface area contributed by atoms with E-state index in [4.69, 9.17) is 4.74 Å². The van der Waals surface area contributed by atoms with Crippen molar-refractivity contribution in [1.82, 2.24) is 9.78 Å². The van der Waals surface area contributed by atoms with Crippen molar-refractivity contribution in [3.05, 3.63) is 70.4 Å². The Kier molecular flexibility index (Phi) is 4.22. The van der Waals surface area contributed by atoms with Gasteiger partial charge in [-0.15, -0.1) is 0 Å². The maximum atomic E-state index is 12.5. The number of fused-ring (bicyclic) bond motifs is 1. The Balaban J connectivity index is 1.82. The van der Waals surface area contributed by atoms with Crippen LogP contribution in [0.2, 0.25) is 0 Å². The maximum absolute atomic E-state index is 12.5. The molecule has 2 heterocycles. The van der Waals surface area contributed by atoms with Crippen LogP contribution in [-0.2, 0) is 4.79 Å². The van der Waals surface area contributed by atoms with Crippen LogP contribution in [-0.4, -0.2) is 22.8 Å². The van der Waals surface area contributed by atoms with Gasteiger partial charge in [-0.1, -0.05) is 24.3 Å². The fourth-order valence-electron chi connectivity index (χ4n) is 3.78. The van der Waals surface area contributed by atoms with E-state index >= 15 is 0 Å². The predicted octanol–water partition coefficient (Wildman–Crippen LogP) is 4.28. The van der Waals surface area contributed by atoms with Gasteiger partial charge in [0.25, 0.3) is 0 Å². The standard InChI is InChI=1S/C22H23N3O2/c1-13-6-5-7-19(15(13)3)25-22-18(12-23-25)17(11-21(26)24-22)16-8-9-20(27-4)14(2)10-16/h5-10,12,17H,11H2,1-4H3,(H,24,26). The summed E-state index contributed by atoms with van der Waals surface area (Å²) in [6.45, 7) is 6.18. The highest BCUT2D eigenvalue weighted by Gasteiger charge is 2.31. The molecule has 1 amide bonds. The Morgan fingerprint density at radius 1 is 1.15 bits per heavy atom. The van der Waals surface area contributed by atoms with Gasteiger partial charge in [-0.25, -0.2) is 4.68 Å². The van der Waals surface area contributed by atoms with Crippen molar-refractivity contribution in [2.45, 2.75) is 33.1 Å². The average Bonchev–Trinajstić information content (AvgIpc) is 3.06. The number of aryl methyl sites for hydroxylation is 2. The van der Waals surface area contributed by atoms with E-state index in [0.717, 1.165) is 39.5 Å². The number of hydrogen-bond acceptors (Lipinski definition) is 3. The second-order valence-electron chi connectivity index (χ2n) is 7.11. The Morgan fingerprint density at radius 3 is 2.70 bits per heavy atom. The van der Waals surface area contributed by atoms with E-state index in [9.17, 15) is 4.79 Å². The molecule has 1 aliphatic heterocycles. The van der Waals surface area contributed by atoms with Crippen LogP contribution in [0.25, 0.3) is 5.69 Å². The van der Waals surface area contributed by atoms with Crippen LogP contribution in [0.4, 0.5) is 5.82 Å². The summed E-state index contributed by atoms with van der Waals surface area (Å²) >= 11 is 0. The summed E-state index contributed by atoms with van der Waals surface area (Å²) in [5.74, 6) is 1.61. The fraction of sp³-hybridized carbons (Fsp3) is 0.273. The summed E-state index contributed by atoms with van der Waals surface area (Å²) in [6.07, 6.45) is 2.29. The molecule has 0 saturated carbocycles. The van der Waals surface area contributed by atoms with Crippen LogP contribution < -0.4 is 10.1 Å². The van der Waals surface area contributed by atoms with E-state index in [1.807, 2.05) is 42.1 Å². The van der Waals surface area contributed by atoms with Crippen molar-refractivity contribution < 1.29 is 9.53 Å². The summed E-state index contributed by atoms with van der Waals surface area (Å²) in [5.41, 5.74) is 6.54. The third-order valence-corrected chi connectivity index (χ3v) is 5.45. The van der Waals surface area contributed by atoms with Crippen molar-refractivity contribution in [3.63, 3.8) is 0 Å². The van der Waals surface area contributed by atoms with E-state index < -0.39 is 0 Å². The molecule has 2 aromatic carbocycles. The van der Waals surface area contributed by atoms with Crippen LogP contribution in [0.3, 0.4) is 0 Å². The molecule has 5 nitrogen and oxygen atoms in total. The molecule has 3 aromatic rings. The summed E-state index contributed by atoms with van der Waals surface area (Å²) in [5, 5.41) is 7.64. The van der Waals surface area contributed by atoms with Crippen LogP contribution in [0, 0.1) is 20.8 Å². The number of benzene rings is 2. The van der Waals surface area contributed by atoms with E-state index in [1.54, 1.807) is 7.11 Å². The number of methoxy groups -OCH3 is 1. The summed E-state index contributed by atoms with van der Waals surface area (Å²) in [6, 6.07) is 12.2. The first kappa shape index (κ1) is 17.3. The number of ether oxygens (including phenoxy) is 1. The SMILES string of the molecule is COc1ccc(C2CC(=O)Nc3c2cnn3-c2cccc(C)c2C)cc1C. The summed E-state index contributed by atoms with van der Waals surface area (Å²) in [4.78, 5) is 12.5. The molecule has 0 saturated heterocycles. The molecule has 1 N–H and O–H groups in total. The van der Waals surface area contributed by atoms with Gasteiger partial charge in [0.2, 0.25) is 5.91 Å². The quantitative estimate of drug-likeness (QED) is 0.757. The van der Waals surface area contributed by atoms with Crippen LogP contribution in [0.5, 0.6) is 5.75 Å². The first-order chi connectivity index (χ1) is 13.0. The molecule has 1 unspecified atom stereocenters. The fourth-order valence-corrected chi connectivity index (χ4v) is 3.78. The van der Waals surface area contributed by atoms with Gasteiger partial charge in [0.05, 0.1) is 19.0 Å². The molecule has 4 rings (SSSR count). The van der Waals surface area contributed by atoms with Gasteiger partial charge in [0, 0.05) is 17.9 Å². The molecule has 1 atom stereocenters. The Bertz CT molecular complexity index is 1040. The highest BCUT2D eigenvalue weighted by molar-refractivity contribution is 5.94. The van der Waals surface area contributed by atoms with Gasteiger partial charge in [-0.3, -0.25) is 4.79 Å². The number of rotatable bonds is 3. The van der Waals surface area contributed by atoms with E-state index in [0.29, 0.717) is 6.42 Å². The van der Waals surface area contributed by atoms with Crippen molar-refractivity contribution in [1.29, 1.82) is 0 Å². The minimum atomic E-state index is -0.0165. The smallest absolute Gasteiger partial charge is 0.226 e. The van der Waals surface area contributed by atoms with E-state index in [-0.39, 0.29) is 11.8 Å². The number of aromatic nitrogens is 2. The molecule has 0 bridgehead atoms. The van der Waals surface area contributed by atoms with Gasteiger partial charge in [0.15, 0.2) is 0 Å². The average molecular weight is 361 g/mol. The van der Waals surface area contributed by atoms with Gasteiger partial charge in [0.1, 0.15) is 11.6 Å². The summed E-state index contributed by atoms with van der Waals surface area (Å²) < 4.78 is 7.21. The molecule has 138 valence electrons. The molecule has 5 heteroatoms. The second kappa shape index (κ2) is 6.58. The molecule has 1 aliphatic rings. The highest BCUT2D eigenvalue weighted by Crippen LogP contribution is 2.39. The lowest BCUT2D eigenvalue weighted by atomic mass is 9.86. The Hall–Kier alpha value is -3.08. The van der Waals surface area contributed by atoms with Gasteiger partial charge < -0.3 is 10.1 Å². The molecular formula is C22H23N3O2. The van der Waals surface area contributed by atoms with Gasteiger partial charge in [-0.2, -0.15) is 5.10 Å². The number of anilines is 1. The normalized spacial score (nSPS) is 16.0. The zero-order valence-corrected chi connectivity index (χ0v) is 16.0. The third-order valence-electron chi connectivity index (χ3n) is 5.45. The minimum Gasteiger partial charge on any atom is -0.496 e. The van der Waals surface area contributed by atoms with Crippen molar-refractivity contribution >= 4 is 11.7 Å². The van der Waals surface area contributed by atoms with E-state index in [2.05, 4.69) is 36.4 Å². The van der Waals surface area contributed by atoms with Gasteiger partial charge >= 0.3 is 0 Å². The number of nitrogens with one attached hydrogen (secondary N) is 1. The molecule has 27 heavy (non-hydrogen) atoms. The van der Waals surface area contributed by atoms with Crippen LogP contribution in [0.1, 0.15) is 40.2 Å². The predicted molar refractivity (Wildman–Crippen MR) is 106 cm³/mol. The first-order valence-electron chi connectivity index (χ1n) is 9.08. The zero-order chi connectivity index (χ0) is 19.1. The zero-order valence-electron chi connectivity index (χ0n) is 16.0. The number of carbonyl (C=O) groups is 1. The molecule has 0 fully saturated rings. The lowest BCUT2D eigenvalue weighted by Gasteiger charge is -2.24. The Labute approximate surface area is 159 Å². The van der Waals surface area contributed by atoms with Crippen LogP contribution >= 0.6 is 0 Å². The van der Waals surface area contributed by atoms with E-state index in [1.165, 1.54) is 5.56 Å². The third kappa shape index (κ3) is 2.89. The van der Waals surface area contributed by atoms with Crippen molar-refractivity contribution in [2.24, 2.45) is 0 Å². The topological polar surface area (TPSA) is 56.1 Å². The van der Waals surface area contributed by atoms with Crippen molar-refractivity contribution in [2.75, 3.05) is 12.4 Å². The largest absolute Gasteiger partial charge is 0.496 e. The Morgan fingerprint density at radius 2 is 1.96 bits per heavy atom. The molecule has 0 spiro atoms. The summed E-state index contributed by atoms with van der Waals surface area (Å²) in [7, 11) is 1.67. The minimum absolute atomic E-state index is 0.00743. The lowest BCUT2D eigenvalue weighted by Crippen LogP contribution is -2.24. The second-order valence-corrected chi connectivity index (χ2v) is 7.11. The first-order valence-corrected chi connectivity index (χ1v) is 9.08.